The Hall–Kier alpha value is -4.84. The molecule has 36 heavy (non-hydrogen) atoms. The third kappa shape index (κ3) is 3.34. The van der Waals surface area contributed by atoms with Crippen molar-refractivity contribution in [2.24, 2.45) is 0 Å². The van der Waals surface area contributed by atoms with Gasteiger partial charge in [-0.3, -0.25) is 29.4 Å². The second-order valence-electron chi connectivity index (χ2n) is 8.87. The molecular weight excluding hydrogens is 448 g/mol. The van der Waals surface area contributed by atoms with E-state index in [9.17, 15) is 9.59 Å². The summed E-state index contributed by atoms with van der Waals surface area (Å²) in [4.78, 5) is 39.9. The van der Waals surface area contributed by atoms with Crippen LogP contribution in [0.3, 0.4) is 0 Å². The molecule has 0 spiro atoms. The predicted octanol–water partition coefficient (Wildman–Crippen LogP) is 5.31. The Bertz CT molecular complexity index is 1430. The first-order valence-corrected chi connectivity index (χ1v) is 11.7. The lowest BCUT2D eigenvalue weighted by Crippen LogP contribution is -2.27. The van der Waals surface area contributed by atoms with Crippen molar-refractivity contribution < 1.29 is 9.59 Å². The fraction of sp³-hybridized carbons (Fsp3) is 0.0667. The zero-order valence-electron chi connectivity index (χ0n) is 19.8. The highest BCUT2D eigenvalue weighted by atomic mass is 16.2. The largest absolute Gasteiger partial charge is 0.274 e. The number of carbonyl (C=O) groups excluding carboxylic acids is 2. The Morgan fingerprint density at radius 3 is 1.17 bits per heavy atom. The smallest absolute Gasteiger partial charge is 0.265 e. The molecule has 0 saturated carbocycles. The molecule has 0 bridgehead atoms. The summed E-state index contributed by atoms with van der Waals surface area (Å²) in [6.45, 7) is 4.00. The van der Waals surface area contributed by atoms with Crippen LogP contribution in [0.2, 0.25) is 0 Å². The topological polar surface area (TPSA) is 66.4 Å². The quantitative estimate of drug-likeness (QED) is 0.406. The lowest BCUT2D eigenvalue weighted by molar-refractivity contribution is -0.112. The molecule has 6 heteroatoms. The van der Waals surface area contributed by atoms with E-state index in [4.69, 9.17) is 0 Å². The number of carbonyl (C=O) groups is 2. The van der Waals surface area contributed by atoms with Gasteiger partial charge in [0.2, 0.25) is 0 Å². The maximum absolute atomic E-state index is 14.2. The van der Waals surface area contributed by atoms with Gasteiger partial charge in [-0.1, -0.05) is 35.4 Å². The van der Waals surface area contributed by atoms with Crippen LogP contribution >= 0.6 is 0 Å². The van der Waals surface area contributed by atoms with Crippen LogP contribution in [0.15, 0.2) is 109 Å². The number of hydrogen-bond donors (Lipinski definition) is 0. The zero-order chi connectivity index (χ0) is 24.8. The number of benzene rings is 2. The van der Waals surface area contributed by atoms with Crippen molar-refractivity contribution in [1.82, 2.24) is 9.97 Å². The molecule has 6 rings (SSSR count). The van der Waals surface area contributed by atoms with E-state index in [0.29, 0.717) is 45.0 Å². The Morgan fingerprint density at radius 2 is 0.833 bits per heavy atom. The normalized spacial score (nSPS) is 15.3. The van der Waals surface area contributed by atoms with E-state index in [1.807, 2.05) is 62.4 Å². The Kier molecular flexibility index (Phi) is 5.08. The first kappa shape index (κ1) is 21.7. The van der Waals surface area contributed by atoms with Gasteiger partial charge in [-0.2, -0.15) is 0 Å². The van der Waals surface area contributed by atoms with Crippen molar-refractivity contribution in [3.8, 4) is 0 Å². The molecule has 4 aromatic rings. The van der Waals surface area contributed by atoms with Crippen LogP contribution in [0.25, 0.3) is 11.1 Å². The molecule has 2 amide bonds. The van der Waals surface area contributed by atoms with Gasteiger partial charge in [0.1, 0.15) is 0 Å². The van der Waals surface area contributed by atoms with Crippen LogP contribution in [0.1, 0.15) is 22.3 Å². The lowest BCUT2D eigenvalue weighted by atomic mass is 10.0. The Morgan fingerprint density at radius 1 is 0.500 bits per heavy atom. The van der Waals surface area contributed by atoms with Crippen molar-refractivity contribution in [3.63, 3.8) is 0 Å². The maximum Gasteiger partial charge on any atom is 0.265 e. The van der Waals surface area contributed by atoms with Crippen molar-refractivity contribution in [2.45, 2.75) is 13.8 Å². The minimum Gasteiger partial charge on any atom is -0.274 e. The number of fused-ring (bicyclic) bond motifs is 1. The number of rotatable bonds is 4. The van der Waals surface area contributed by atoms with Crippen molar-refractivity contribution in [2.75, 3.05) is 9.80 Å². The average molecular weight is 471 g/mol. The minimum atomic E-state index is -0.189. The molecule has 0 radical (unpaired) electrons. The van der Waals surface area contributed by atoms with E-state index in [1.165, 1.54) is 0 Å². The molecule has 4 heterocycles. The molecular formula is C30H22N4O2. The van der Waals surface area contributed by atoms with Gasteiger partial charge in [-0.15, -0.1) is 0 Å². The van der Waals surface area contributed by atoms with Crippen LogP contribution in [-0.2, 0) is 9.59 Å². The monoisotopic (exact) mass is 470 g/mol. The molecule has 0 unspecified atom stereocenters. The number of hydrogen-bond acceptors (Lipinski definition) is 4. The van der Waals surface area contributed by atoms with Crippen molar-refractivity contribution in [1.29, 1.82) is 0 Å². The van der Waals surface area contributed by atoms with Gasteiger partial charge in [0.15, 0.2) is 0 Å². The standard InChI is InChI=1S/C30H22N4O2/c1-19-3-7-23(8-4-19)33-27-25(21-11-15-31-16-12-21)30(36)34(24-9-5-20(2)6-10-24)28(27)26(29(33)35)22-13-17-32-18-14-22/h3-18H,1-2H3. The van der Waals surface area contributed by atoms with Gasteiger partial charge in [0.05, 0.1) is 22.5 Å². The molecule has 0 saturated heterocycles. The van der Waals surface area contributed by atoms with Crippen molar-refractivity contribution in [3.05, 3.63) is 131 Å². The fourth-order valence-corrected chi connectivity index (χ4v) is 4.74. The summed E-state index contributed by atoms with van der Waals surface area (Å²) in [5.41, 5.74) is 7.06. The molecule has 2 aromatic carbocycles. The van der Waals surface area contributed by atoms with E-state index in [2.05, 4.69) is 9.97 Å². The van der Waals surface area contributed by atoms with Gasteiger partial charge < -0.3 is 0 Å². The van der Waals surface area contributed by atoms with Gasteiger partial charge in [-0.05, 0) is 73.5 Å². The summed E-state index contributed by atoms with van der Waals surface area (Å²) in [6, 6.07) is 22.7. The van der Waals surface area contributed by atoms with Gasteiger partial charge in [-0.25, -0.2) is 0 Å². The van der Waals surface area contributed by atoms with Gasteiger partial charge >= 0.3 is 0 Å². The summed E-state index contributed by atoms with van der Waals surface area (Å²) in [6.07, 6.45) is 6.63. The number of amides is 2. The van der Waals surface area contributed by atoms with E-state index in [-0.39, 0.29) is 11.8 Å². The SMILES string of the molecule is Cc1ccc(N2C(=O)C(c3ccncc3)=C3C2=C(c2ccncc2)C(=O)N3c2ccc(C)cc2)cc1. The van der Waals surface area contributed by atoms with Crippen LogP contribution in [0.4, 0.5) is 11.4 Å². The molecule has 2 aromatic heterocycles. The molecule has 174 valence electrons. The molecule has 0 N–H and O–H groups in total. The van der Waals surface area contributed by atoms with E-state index < -0.39 is 0 Å². The second kappa shape index (κ2) is 8.43. The number of aromatic nitrogens is 2. The zero-order valence-corrected chi connectivity index (χ0v) is 19.8. The molecule has 2 aliphatic heterocycles. The first-order valence-electron chi connectivity index (χ1n) is 11.7. The molecule has 0 atom stereocenters. The highest BCUT2D eigenvalue weighted by Crippen LogP contribution is 2.49. The minimum absolute atomic E-state index is 0.189. The lowest BCUT2D eigenvalue weighted by Gasteiger charge is -2.20. The predicted molar refractivity (Wildman–Crippen MR) is 140 cm³/mol. The average Bonchev–Trinajstić information content (AvgIpc) is 3.35. The van der Waals surface area contributed by atoms with E-state index >= 15 is 0 Å². The van der Waals surface area contributed by atoms with Crippen LogP contribution in [0, 0.1) is 13.8 Å². The van der Waals surface area contributed by atoms with E-state index in [1.54, 1.807) is 58.9 Å². The fourth-order valence-electron chi connectivity index (χ4n) is 4.74. The highest BCUT2D eigenvalue weighted by molar-refractivity contribution is 6.43. The summed E-state index contributed by atoms with van der Waals surface area (Å²) >= 11 is 0. The Balaban J connectivity index is 1.68. The van der Waals surface area contributed by atoms with Crippen LogP contribution in [0.5, 0.6) is 0 Å². The van der Waals surface area contributed by atoms with Gasteiger partial charge in [0, 0.05) is 36.2 Å². The molecule has 2 aliphatic rings. The molecule has 6 nitrogen and oxygen atoms in total. The number of anilines is 2. The number of aryl methyl sites for hydroxylation is 2. The summed E-state index contributed by atoms with van der Waals surface area (Å²) in [7, 11) is 0. The highest BCUT2D eigenvalue weighted by Gasteiger charge is 2.49. The van der Waals surface area contributed by atoms with Crippen molar-refractivity contribution >= 4 is 34.3 Å². The Labute approximate surface area is 208 Å². The summed E-state index contributed by atoms with van der Waals surface area (Å²) in [5.74, 6) is -0.377. The first-order chi connectivity index (χ1) is 17.5. The molecule has 0 fully saturated rings. The third-order valence-electron chi connectivity index (χ3n) is 6.50. The summed E-state index contributed by atoms with van der Waals surface area (Å²) < 4.78 is 0. The van der Waals surface area contributed by atoms with E-state index in [0.717, 1.165) is 11.1 Å². The van der Waals surface area contributed by atoms with Gasteiger partial charge in [0.25, 0.3) is 11.8 Å². The number of pyridine rings is 2. The third-order valence-corrected chi connectivity index (χ3v) is 6.50. The summed E-state index contributed by atoms with van der Waals surface area (Å²) in [5, 5.41) is 0. The number of nitrogens with zero attached hydrogens (tertiary/aromatic N) is 4. The second-order valence-corrected chi connectivity index (χ2v) is 8.87. The van der Waals surface area contributed by atoms with Crippen LogP contribution in [-0.4, -0.2) is 21.8 Å². The molecule has 0 aliphatic carbocycles. The van der Waals surface area contributed by atoms with Crippen LogP contribution < -0.4 is 9.80 Å². The maximum atomic E-state index is 14.2.